The van der Waals surface area contributed by atoms with Gasteiger partial charge in [-0.25, -0.2) is 4.98 Å². The average Bonchev–Trinajstić information content (AvgIpc) is 3.69. The Morgan fingerprint density at radius 3 is 1.90 bits per heavy atom. The quantitative estimate of drug-likeness (QED) is 0.175. The number of hydrogen-bond donors (Lipinski definition) is 1. The van der Waals surface area contributed by atoms with Gasteiger partial charge in [-0.3, -0.25) is 9.55 Å². The summed E-state index contributed by atoms with van der Waals surface area (Å²) in [6, 6.07) is 47.5. The Labute approximate surface area is 360 Å². The first kappa shape index (κ1) is 32.9. The number of rotatable bonds is 7. The van der Waals surface area contributed by atoms with E-state index >= 15 is 0 Å². The lowest BCUT2D eigenvalue weighted by Crippen LogP contribution is -2.12. The molecule has 7 aromatic carbocycles. The monoisotopic (exact) mass is 784 g/mol. The zero-order valence-corrected chi connectivity index (χ0v) is 34.7. The van der Waals surface area contributed by atoms with Crippen molar-refractivity contribution in [3.05, 3.63) is 193 Å². The largest absolute Gasteiger partial charge is 0.507 e. The molecule has 0 aliphatic heterocycles. The molecule has 1 N–H and O–H groups in total. The number of imidazole rings is 1. The summed E-state index contributed by atoms with van der Waals surface area (Å²) in [5.41, 5.74) is 12.4. The standard InChI is InChI=1S/C56H49N3O/c1-55(2,3)44-33-42(32-43(34-44)49-36-41(30-31-57-49)38-20-12-8-13-21-38)45-24-17-27-51-52(45)58-54(46-25-16-26-48(53(46)60)56(4,5)6)59(51)50-29-28-40(37-18-10-7-11-19-37)35-47(50)39-22-14-9-15-23-39/h7-36,60H,1-6H3/i8D,12D,13D,20D,21D. The van der Waals surface area contributed by atoms with Gasteiger partial charge in [0.05, 0.1) is 34.8 Å². The second kappa shape index (κ2) is 15.3. The van der Waals surface area contributed by atoms with Crippen LogP contribution in [0.4, 0.5) is 0 Å². The highest BCUT2D eigenvalue weighted by molar-refractivity contribution is 5.98. The number of nitrogens with zero attached hydrogens (tertiary/aromatic N) is 3. The second-order valence-corrected chi connectivity index (χ2v) is 17.3. The van der Waals surface area contributed by atoms with Crippen LogP contribution in [-0.2, 0) is 10.8 Å². The lowest BCUT2D eigenvalue weighted by atomic mass is 9.83. The maximum Gasteiger partial charge on any atom is 0.149 e. The Hall–Kier alpha value is -7.04. The van der Waals surface area contributed by atoms with Gasteiger partial charge >= 0.3 is 0 Å². The normalized spacial score (nSPS) is 13.1. The fourth-order valence-corrected chi connectivity index (χ4v) is 7.98. The average molecular weight is 785 g/mol. The first-order valence-corrected chi connectivity index (χ1v) is 20.3. The van der Waals surface area contributed by atoms with Gasteiger partial charge in [0, 0.05) is 22.9 Å². The molecule has 4 heteroatoms. The zero-order valence-electron chi connectivity index (χ0n) is 39.7. The highest BCUT2D eigenvalue weighted by atomic mass is 16.3. The molecule has 0 radical (unpaired) electrons. The summed E-state index contributed by atoms with van der Waals surface area (Å²) in [5.74, 6) is 0.781. The molecule has 9 aromatic rings. The number of pyridine rings is 1. The third-order valence-corrected chi connectivity index (χ3v) is 11.2. The Balaban J connectivity index is 1.31. The van der Waals surface area contributed by atoms with Gasteiger partial charge in [0.15, 0.2) is 0 Å². The smallest absolute Gasteiger partial charge is 0.149 e. The van der Waals surface area contributed by atoms with Crippen molar-refractivity contribution in [2.45, 2.75) is 52.4 Å². The Bertz CT molecular complexity index is 3260. The van der Waals surface area contributed by atoms with Gasteiger partial charge in [-0.15, -0.1) is 0 Å². The second-order valence-electron chi connectivity index (χ2n) is 17.3. The molecule has 60 heavy (non-hydrogen) atoms. The maximum absolute atomic E-state index is 12.2. The van der Waals surface area contributed by atoms with Gasteiger partial charge in [-0.05, 0) is 104 Å². The Kier molecular flexibility index (Phi) is 8.37. The van der Waals surface area contributed by atoms with E-state index in [2.05, 4.69) is 119 Å². The van der Waals surface area contributed by atoms with Gasteiger partial charge in [-0.2, -0.15) is 0 Å². The topological polar surface area (TPSA) is 50.9 Å². The SMILES string of the molecule is [2H]c1c([2H])c([2H])c(-c2ccnc(-c3cc(-c4cccc5c4nc(-c4cccc(C(C)(C)C)c4O)n5-c4ccc(-c5ccccc5)cc4-c4ccccc4)cc(C(C)(C)C)c3)c2)c([2H])c1[2H]. The number of phenolic OH excluding ortho intramolecular Hbond substituents is 1. The molecule has 0 aliphatic carbocycles. The lowest BCUT2D eigenvalue weighted by molar-refractivity contribution is 0.448. The first-order chi connectivity index (χ1) is 31.0. The maximum atomic E-state index is 12.2. The molecule has 0 aliphatic rings. The lowest BCUT2D eigenvalue weighted by Gasteiger charge is -2.22. The van der Waals surface area contributed by atoms with E-state index in [1.807, 2.05) is 60.7 Å². The molecule has 0 fully saturated rings. The fourth-order valence-electron chi connectivity index (χ4n) is 7.98. The van der Waals surface area contributed by atoms with Gasteiger partial charge in [0.25, 0.3) is 0 Å². The van der Waals surface area contributed by atoms with Crippen LogP contribution < -0.4 is 0 Å². The van der Waals surface area contributed by atoms with E-state index in [1.165, 1.54) is 0 Å². The van der Waals surface area contributed by atoms with E-state index < -0.39 is 6.04 Å². The third-order valence-electron chi connectivity index (χ3n) is 11.2. The van der Waals surface area contributed by atoms with Crippen LogP contribution in [-0.4, -0.2) is 19.6 Å². The summed E-state index contributed by atoms with van der Waals surface area (Å²) in [5, 5.41) is 12.2. The van der Waals surface area contributed by atoms with Gasteiger partial charge in [0.2, 0.25) is 0 Å². The molecule has 0 bridgehead atoms. The predicted octanol–water partition coefficient (Wildman–Crippen LogP) is 14.7. The number of fused-ring (bicyclic) bond motifs is 1. The van der Waals surface area contributed by atoms with E-state index in [1.54, 1.807) is 18.3 Å². The van der Waals surface area contributed by atoms with Gasteiger partial charge in [0.1, 0.15) is 11.6 Å². The van der Waals surface area contributed by atoms with Crippen LogP contribution in [0.2, 0.25) is 0 Å². The minimum atomic E-state index is -0.432. The molecule has 0 amide bonds. The van der Waals surface area contributed by atoms with E-state index in [0.29, 0.717) is 22.6 Å². The number of hydrogen-bond acceptors (Lipinski definition) is 3. The minimum Gasteiger partial charge on any atom is -0.507 e. The summed E-state index contributed by atoms with van der Waals surface area (Å²) in [7, 11) is 0. The molecule has 294 valence electrons. The molecule has 2 aromatic heterocycles. The van der Waals surface area contributed by atoms with E-state index in [0.717, 1.165) is 66.8 Å². The van der Waals surface area contributed by atoms with Crippen LogP contribution in [0.3, 0.4) is 0 Å². The third kappa shape index (κ3) is 7.30. The summed E-state index contributed by atoms with van der Waals surface area (Å²) < 4.78 is 44.3. The van der Waals surface area contributed by atoms with Gasteiger partial charge in [-0.1, -0.05) is 169 Å². The highest BCUT2D eigenvalue weighted by Gasteiger charge is 2.27. The Morgan fingerprint density at radius 1 is 0.517 bits per heavy atom. The summed E-state index contributed by atoms with van der Waals surface area (Å²) in [6.45, 7) is 12.8. The first-order valence-electron chi connectivity index (χ1n) is 22.8. The van der Waals surface area contributed by atoms with Crippen molar-refractivity contribution in [1.82, 2.24) is 14.5 Å². The predicted molar refractivity (Wildman–Crippen MR) is 251 cm³/mol. The molecule has 2 heterocycles. The van der Waals surface area contributed by atoms with Crippen molar-refractivity contribution in [1.29, 1.82) is 0 Å². The molecular weight excluding hydrogens is 731 g/mol. The molecule has 0 spiro atoms. The number of phenols is 1. The number of aromatic hydroxyl groups is 1. The van der Waals surface area contributed by atoms with Crippen LogP contribution in [0.25, 0.3) is 83.9 Å². The van der Waals surface area contributed by atoms with Crippen molar-refractivity contribution >= 4 is 11.0 Å². The van der Waals surface area contributed by atoms with Crippen molar-refractivity contribution in [3.8, 4) is 78.6 Å². The summed E-state index contributed by atoms with van der Waals surface area (Å²) >= 11 is 0. The molecular formula is C56H49N3O. The molecule has 9 rings (SSSR count). The van der Waals surface area contributed by atoms with Crippen molar-refractivity contribution in [2.24, 2.45) is 0 Å². The molecule has 4 nitrogen and oxygen atoms in total. The van der Waals surface area contributed by atoms with Gasteiger partial charge < -0.3 is 5.11 Å². The number of para-hydroxylation sites is 2. The van der Waals surface area contributed by atoms with E-state index in [-0.39, 0.29) is 46.3 Å². The molecule has 0 saturated heterocycles. The van der Waals surface area contributed by atoms with Crippen molar-refractivity contribution in [3.63, 3.8) is 0 Å². The summed E-state index contributed by atoms with van der Waals surface area (Å²) in [6.07, 6.45) is 1.62. The molecule has 0 saturated carbocycles. The van der Waals surface area contributed by atoms with Crippen LogP contribution in [0.15, 0.2) is 182 Å². The van der Waals surface area contributed by atoms with Crippen molar-refractivity contribution < 1.29 is 12.0 Å². The number of benzene rings is 7. The molecule has 0 atom stereocenters. The van der Waals surface area contributed by atoms with Crippen LogP contribution in [0.5, 0.6) is 5.75 Å². The van der Waals surface area contributed by atoms with E-state index in [4.69, 9.17) is 16.8 Å². The van der Waals surface area contributed by atoms with Crippen LogP contribution in [0, 0.1) is 0 Å². The Morgan fingerprint density at radius 2 is 1.18 bits per heavy atom. The highest BCUT2D eigenvalue weighted by Crippen LogP contribution is 2.44. The zero-order chi connectivity index (χ0) is 45.9. The van der Waals surface area contributed by atoms with E-state index in [9.17, 15) is 5.11 Å². The number of aromatic nitrogens is 3. The van der Waals surface area contributed by atoms with Crippen LogP contribution >= 0.6 is 0 Å². The minimum absolute atomic E-state index is 0.125. The fraction of sp³-hybridized carbons (Fsp3) is 0.143. The van der Waals surface area contributed by atoms with Crippen LogP contribution in [0.1, 0.15) is 59.5 Å². The molecule has 0 unspecified atom stereocenters. The summed E-state index contributed by atoms with van der Waals surface area (Å²) in [4.78, 5) is 10.3. The van der Waals surface area contributed by atoms with Crippen molar-refractivity contribution in [2.75, 3.05) is 0 Å².